The summed E-state index contributed by atoms with van der Waals surface area (Å²) in [6.07, 6.45) is 1.51. The monoisotopic (exact) mass is 304 g/mol. The van der Waals surface area contributed by atoms with Crippen LogP contribution in [0.15, 0.2) is 45.9 Å². The molecule has 0 atom stereocenters. The minimum atomic E-state index is -3.83. The molecule has 2 heterocycles. The number of fused-ring (bicyclic) bond motifs is 1. The Bertz CT molecular complexity index is 918. The van der Waals surface area contributed by atoms with Crippen LogP contribution in [0.2, 0.25) is 0 Å². The predicted octanol–water partition coefficient (Wildman–Crippen LogP) is 1.91. The van der Waals surface area contributed by atoms with E-state index in [4.69, 9.17) is 10.3 Å². The van der Waals surface area contributed by atoms with Crippen molar-refractivity contribution in [3.63, 3.8) is 0 Å². The number of hydrogen-bond acceptors (Lipinski definition) is 6. The first kappa shape index (κ1) is 13.4. The summed E-state index contributed by atoms with van der Waals surface area (Å²) in [5.74, 6) is 0.626. The van der Waals surface area contributed by atoms with Crippen molar-refractivity contribution < 1.29 is 12.9 Å². The van der Waals surface area contributed by atoms with E-state index in [1.54, 1.807) is 19.1 Å². The van der Waals surface area contributed by atoms with Crippen LogP contribution >= 0.6 is 0 Å². The molecule has 8 heteroatoms. The standard InChI is InChI=1S/C13H12N4O3S/c1-8-7-12(16-20-8)17-21(18,19)11-5-4-10(14)9-3-2-6-15-13(9)11/h2-7H,14H2,1H3,(H,16,17). The van der Waals surface area contributed by atoms with Crippen molar-refractivity contribution in [1.29, 1.82) is 0 Å². The molecule has 3 N–H and O–H groups in total. The third kappa shape index (κ3) is 2.40. The number of pyridine rings is 1. The largest absolute Gasteiger partial charge is 0.398 e. The molecule has 0 fully saturated rings. The maximum Gasteiger partial charge on any atom is 0.265 e. The molecule has 21 heavy (non-hydrogen) atoms. The van der Waals surface area contributed by atoms with Crippen molar-refractivity contribution in [2.45, 2.75) is 11.8 Å². The van der Waals surface area contributed by atoms with Gasteiger partial charge in [0.25, 0.3) is 10.0 Å². The lowest BCUT2D eigenvalue weighted by molar-refractivity contribution is 0.400. The van der Waals surface area contributed by atoms with Crippen LogP contribution < -0.4 is 10.5 Å². The summed E-state index contributed by atoms with van der Waals surface area (Å²) in [5.41, 5.74) is 6.62. The molecule has 0 amide bonds. The van der Waals surface area contributed by atoms with Crippen molar-refractivity contribution in [3.8, 4) is 0 Å². The highest BCUT2D eigenvalue weighted by Gasteiger charge is 2.20. The van der Waals surface area contributed by atoms with Crippen LogP contribution in [0.5, 0.6) is 0 Å². The van der Waals surface area contributed by atoms with Crippen LogP contribution in [0.1, 0.15) is 5.76 Å². The Labute approximate surface area is 120 Å². The zero-order valence-electron chi connectivity index (χ0n) is 11.1. The molecule has 0 aliphatic heterocycles. The Hall–Kier alpha value is -2.61. The lowest BCUT2D eigenvalue weighted by Crippen LogP contribution is -2.14. The van der Waals surface area contributed by atoms with E-state index in [2.05, 4.69) is 14.9 Å². The highest BCUT2D eigenvalue weighted by molar-refractivity contribution is 7.93. The fourth-order valence-electron chi connectivity index (χ4n) is 1.99. The maximum absolute atomic E-state index is 12.5. The minimum absolute atomic E-state index is 0.0351. The van der Waals surface area contributed by atoms with Gasteiger partial charge in [-0.3, -0.25) is 9.71 Å². The van der Waals surface area contributed by atoms with Crippen molar-refractivity contribution in [2.75, 3.05) is 10.5 Å². The average Bonchev–Trinajstić information content (AvgIpc) is 2.83. The van der Waals surface area contributed by atoms with Crippen LogP contribution in [0.3, 0.4) is 0 Å². The normalized spacial score (nSPS) is 11.7. The van der Waals surface area contributed by atoms with E-state index in [-0.39, 0.29) is 10.7 Å². The first-order valence-corrected chi connectivity index (χ1v) is 7.55. The van der Waals surface area contributed by atoms with E-state index >= 15 is 0 Å². The molecule has 0 radical (unpaired) electrons. The molecule has 0 bridgehead atoms. The second kappa shape index (κ2) is 4.74. The molecule has 3 rings (SSSR count). The summed E-state index contributed by atoms with van der Waals surface area (Å²) < 4.78 is 32.1. The molecule has 0 saturated carbocycles. The van der Waals surface area contributed by atoms with Gasteiger partial charge in [-0.25, -0.2) is 8.42 Å². The van der Waals surface area contributed by atoms with Crippen LogP contribution in [0.25, 0.3) is 10.9 Å². The van der Waals surface area contributed by atoms with E-state index in [1.165, 1.54) is 24.4 Å². The Morgan fingerprint density at radius 3 is 2.81 bits per heavy atom. The molecule has 0 spiro atoms. The number of anilines is 2. The van der Waals surface area contributed by atoms with Crippen LogP contribution in [0, 0.1) is 6.92 Å². The smallest absolute Gasteiger partial charge is 0.265 e. The molecule has 0 unspecified atom stereocenters. The molecule has 1 aromatic carbocycles. The second-order valence-electron chi connectivity index (χ2n) is 4.48. The summed E-state index contributed by atoms with van der Waals surface area (Å²) in [5, 5.41) is 4.19. The summed E-state index contributed by atoms with van der Waals surface area (Å²) in [6, 6.07) is 7.86. The molecule has 3 aromatic rings. The molecule has 0 saturated heterocycles. The zero-order chi connectivity index (χ0) is 15.0. The van der Waals surface area contributed by atoms with Gasteiger partial charge in [0, 0.05) is 23.3 Å². The Morgan fingerprint density at radius 2 is 2.10 bits per heavy atom. The van der Waals surface area contributed by atoms with Gasteiger partial charge in [0.1, 0.15) is 10.7 Å². The topological polar surface area (TPSA) is 111 Å². The van der Waals surface area contributed by atoms with Gasteiger partial charge in [-0.2, -0.15) is 0 Å². The van der Waals surface area contributed by atoms with E-state index in [9.17, 15) is 8.42 Å². The molecule has 0 aliphatic rings. The lowest BCUT2D eigenvalue weighted by atomic mass is 10.2. The zero-order valence-corrected chi connectivity index (χ0v) is 11.9. The molecule has 7 nitrogen and oxygen atoms in total. The Kier molecular flexibility index (Phi) is 3.02. The minimum Gasteiger partial charge on any atom is -0.398 e. The second-order valence-corrected chi connectivity index (χ2v) is 6.13. The summed E-state index contributed by atoms with van der Waals surface area (Å²) in [6.45, 7) is 1.67. The van der Waals surface area contributed by atoms with Crippen molar-refractivity contribution in [3.05, 3.63) is 42.3 Å². The number of nitrogens with zero attached hydrogens (tertiary/aromatic N) is 2. The first-order chi connectivity index (χ1) is 9.97. The predicted molar refractivity (Wildman–Crippen MR) is 78.2 cm³/mol. The van der Waals surface area contributed by atoms with E-state index in [1.807, 2.05) is 0 Å². The molecular formula is C13H12N4O3S. The molecule has 2 aromatic heterocycles. The third-order valence-electron chi connectivity index (χ3n) is 2.92. The number of hydrogen-bond donors (Lipinski definition) is 2. The van der Waals surface area contributed by atoms with Gasteiger partial charge in [-0.15, -0.1) is 0 Å². The Morgan fingerprint density at radius 1 is 1.29 bits per heavy atom. The highest BCUT2D eigenvalue weighted by atomic mass is 32.2. The number of nitrogen functional groups attached to an aromatic ring is 1. The van der Waals surface area contributed by atoms with E-state index in [0.717, 1.165) is 0 Å². The molecular weight excluding hydrogens is 292 g/mol. The van der Waals surface area contributed by atoms with Gasteiger partial charge in [0.05, 0.1) is 5.52 Å². The van der Waals surface area contributed by atoms with E-state index in [0.29, 0.717) is 22.4 Å². The summed E-state index contributed by atoms with van der Waals surface area (Å²) in [7, 11) is -3.83. The van der Waals surface area contributed by atoms with Gasteiger partial charge in [-0.05, 0) is 31.2 Å². The first-order valence-electron chi connectivity index (χ1n) is 6.07. The van der Waals surface area contributed by atoms with Gasteiger partial charge in [-0.1, -0.05) is 5.16 Å². The van der Waals surface area contributed by atoms with Gasteiger partial charge in [0.15, 0.2) is 5.82 Å². The number of nitrogens with one attached hydrogen (secondary N) is 1. The SMILES string of the molecule is Cc1cc(NS(=O)(=O)c2ccc(N)c3cccnc23)no1. The third-order valence-corrected chi connectivity index (χ3v) is 4.31. The molecule has 0 aliphatic carbocycles. The number of aromatic nitrogens is 2. The van der Waals surface area contributed by atoms with Gasteiger partial charge >= 0.3 is 0 Å². The highest BCUT2D eigenvalue weighted by Crippen LogP contribution is 2.27. The fraction of sp³-hybridized carbons (Fsp3) is 0.0769. The van der Waals surface area contributed by atoms with Gasteiger partial charge < -0.3 is 10.3 Å². The fourth-order valence-corrected chi connectivity index (χ4v) is 3.14. The van der Waals surface area contributed by atoms with Crippen molar-refractivity contribution in [1.82, 2.24) is 10.1 Å². The number of aryl methyl sites for hydroxylation is 1. The number of benzene rings is 1. The van der Waals surface area contributed by atoms with Crippen LogP contribution in [-0.2, 0) is 10.0 Å². The van der Waals surface area contributed by atoms with Gasteiger partial charge in [0.2, 0.25) is 0 Å². The number of nitrogens with two attached hydrogens (primary N) is 1. The van der Waals surface area contributed by atoms with E-state index < -0.39 is 10.0 Å². The van der Waals surface area contributed by atoms with Crippen molar-refractivity contribution in [2.24, 2.45) is 0 Å². The average molecular weight is 304 g/mol. The number of sulfonamides is 1. The quantitative estimate of drug-likeness (QED) is 0.715. The number of rotatable bonds is 3. The maximum atomic E-state index is 12.5. The summed E-state index contributed by atoms with van der Waals surface area (Å²) in [4.78, 5) is 4.15. The van der Waals surface area contributed by atoms with Crippen LogP contribution in [-0.4, -0.2) is 18.6 Å². The van der Waals surface area contributed by atoms with Crippen molar-refractivity contribution >= 4 is 32.4 Å². The van der Waals surface area contributed by atoms with Crippen LogP contribution in [0.4, 0.5) is 11.5 Å². The Balaban J connectivity index is 2.13. The summed E-state index contributed by atoms with van der Waals surface area (Å²) >= 11 is 0. The molecule has 108 valence electrons. The lowest BCUT2D eigenvalue weighted by Gasteiger charge is -2.09.